The maximum atomic E-state index is 13.0. The van der Waals surface area contributed by atoms with E-state index >= 15 is 0 Å². The standard InChI is InChI=1S/C20H25ClN2O3/c1-13-5-6-17(21)16(7-13)18(24)23-10-15-9-22(8-14-3-2-4-14)11-20(15,12-23)19(25)26/h5-7,14-15H,2-4,8-12H2,1H3,(H,25,26)/t15-,20-/m1/s1. The van der Waals surface area contributed by atoms with Gasteiger partial charge < -0.3 is 14.9 Å². The van der Waals surface area contributed by atoms with Gasteiger partial charge in [0.1, 0.15) is 5.41 Å². The first kappa shape index (κ1) is 17.8. The van der Waals surface area contributed by atoms with Crippen LogP contribution >= 0.6 is 11.6 Å². The number of carbonyl (C=O) groups is 2. The van der Waals surface area contributed by atoms with Gasteiger partial charge in [0.2, 0.25) is 0 Å². The van der Waals surface area contributed by atoms with Crippen molar-refractivity contribution in [1.29, 1.82) is 0 Å². The van der Waals surface area contributed by atoms with E-state index in [1.807, 2.05) is 13.0 Å². The molecular formula is C20H25ClN2O3. The first-order valence-corrected chi connectivity index (χ1v) is 9.78. The van der Waals surface area contributed by atoms with Crippen LogP contribution < -0.4 is 0 Å². The highest BCUT2D eigenvalue weighted by molar-refractivity contribution is 6.33. The van der Waals surface area contributed by atoms with Crippen molar-refractivity contribution in [2.75, 3.05) is 32.7 Å². The summed E-state index contributed by atoms with van der Waals surface area (Å²) in [6.45, 7) is 5.02. The smallest absolute Gasteiger partial charge is 0.313 e. The van der Waals surface area contributed by atoms with Gasteiger partial charge in [-0.1, -0.05) is 29.7 Å². The summed E-state index contributed by atoms with van der Waals surface area (Å²) < 4.78 is 0. The van der Waals surface area contributed by atoms with Gasteiger partial charge in [-0.15, -0.1) is 0 Å². The summed E-state index contributed by atoms with van der Waals surface area (Å²) >= 11 is 6.22. The number of nitrogens with zero attached hydrogens (tertiary/aromatic N) is 2. The first-order chi connectivity index (χ1) is 12.4. The molecule has 26 heavy (non-hydrogen) atoms. The molecule has 3 aliphatic rings. The molecule has 2 saturated heterocycles. The Morgan fingerprint density at radius 2 is 2.04 bits per heavy atom. The molecule has 2 heterocycles. The lowest BCUT2D eigenvalue weighted by atomic mass is 9.81. The van der Waals surface area contributed by atoms with Crippen molar-refractivity contribution in [3.63, 3.8) is 0 Å². The van der Waals surface area contributed by atoms with Gasteiger partial charge in [-0.05, 0) is 37.8 Å². The fraction of sp³-hybridized carbons (Fsp3) is 0.600. The number of likely N-dealkylation sites (tertiary alicyclic amines) is 2. The Kier molecular flexibility index (Phi) is 4.48. The van der Waals surface area contributed by atoms with Crippen molar-refractivity contribution in [2.45, 2.75) is 26.2 Å². The maximum Gasteiger partial charge on any atom is 0.313 e. The number of carbonyl (C=O) groups excluding carboxylic acids is 1. The third kappa shape index (κ3) is 2.91. The zero-order valence-electron chi connectivity index (χ0n) is 15.1. The van der Waals surface area contributed by atoms with E-state index in [4.69, 9.17) is 11.6 Å². The van der Waals surface area contributed by atoms with E-state index in [0.717, 1.165) is 24.6 Å². The molecule has 6 heteroatoms. The van der Waals surface area contributed by atoms with E-state index < -0.39 is 11.4 Å². The number of halogens is 1. The lowest BCUT2D eigenvalue weighted by Crippen LogP contribution is -2.43. The number of carboxylic acids is 1. The highest BCUT2D eigenvalue weighted by Crippen LogP contribution is 2.44. The topological polar surface area (TPSA) is 60.9 Å². The summed E-state index contributed by atoms with van der Waals surface area (Å²) in [7, 11) is 0. The van der Waals surface area contributed by atoms with Gasteiger partial charge in [0.15, 0.2) is 0 Å². The number of benzene rings is 1. The van der Waals surface area contributed by atoms with Gasteiger partial charge in [0.05, 0.1) is 10.6 Å². The molecule has 1 amide bonds. The van der Waals surface area contributed by atoms with Crippen LogP contribution in [0.15, 0.2) is 18.2 Å². The van der Waals surface area contributed by atoms with Gasteiger partial charge in [0, 0.05) is 38.6 Å². The molecule has 2 aliphatic heterocycles. The zero-order chi connectivity index (χ0) is 18.5. The highest BCUT2D eigenvalue weighted by Gasteiger charge is 2.58. The summed E-state index contributed by atoms with van der Waals surface area (Å²) in [5.41, 5.74) is 0.602. The van der Waals surface area contributed by atoms with Crippen molar-refractivity contribution < 1.29 is 14.7 Å². The molecule has 140 valence electrons. The molecule has 1 aliphatic carbocycles. The van der Waals surface area contributed by atoms with Crippen LogP contribution in [-0.4, -0.2) is 59.5 Å². The Labute approximate surface area is 158 Å². The third-order valence-electron chi connectivity index (χ3n) is 6.49. The average Bonchev–Trinajstić information content (AvgIpc) is 3.07. The van der Waals surface area contributed by atoms with Crippen molar-refractivity contribution in [1.82, 2.24) is 9.80 Å². The van der Waals surface area contributed by atoms with E-state index in [2.05, 4.69) is 4.90 Å². The number of fused-ring (bicyclic) bond motifs is 1. The van der Waals surface area contributed by atoms with Gasteiger partial charge in [-0.3, -0.25) is 9.59 Å². The van der Waals surface area contributed by atoms with Crippen LogP contribution in [0, 0.1) is 24.2 Å². The molecule has 0 radical (unpaired) electrons. The van der Waals surface area contributed by atoms with Crippen molar-refractivity contribution in [3.8, 4) is 0 Å². The Balaban J connectivity index is 1.51. The first-order valence-electron chi connectivity index (χ1n) is 9.40. The largest absolute Gasteiger partial charge is 0.481 e. The summed E-state index contributed by atoms with van der Waals surface area (Å²) in [6, 6.07) is 5.39. The average molecular weight is 377 g/mol. The summed E-state index contributed by atoms with van der Waals surface area (Å²) in [4.78, 5) is 29.1. The summed E-state index contributed by atoms with van der Waals surface area (Å²) in [5.74, 6) is -0.209. The second-order valence-corrected chi connectivity index (χ2v) is 8.73. The van der Waals surface area contributed by atoms with Crippen LogP contribution in [0.3, 0.4) is 0 Å². The maximum absolute atomic E-state index is 13.0. The Morgan fingerprint density at radius 3 is 2.65 bits per heavy atom. The fourth-order valence-electron chi connectivity index (χ4n) is 4.78. The van der Waals surface area contributed by atoms with E-state index in [9.17, 15) is 14.7 Å². The van der Waals surface area contributed by atoms with Crippen LogP contribution in [-0.2, 0) is 4.79 Å². The minimum atomic E-state index is -0.838. The third-order valence-corrected chi connectivity index (χ3v) is 6.82. The Bertz CT molecular complexity index is 749. The van der Waals surface area contributed by atoms with E-state index in [1.165, 1.54) is 19.3 Å². The van der Waals surface area contributed by atoms with E-state index in [1.54, 1.807) is 17.0 Å². The number of rotatable bonds is 4. The second kappa shape index (κ2) is 6.54. The number of aryl methyl sites for hydroxylation is 1. The molecule has 0 aromatic heterocycles. The molecule has 2 atom stereocenters. The van der Waals surface area contributed by atoms with Crippen LogP contribution in [0.2, 0.25) is 5.02 Å². The normalized spacial score (nSPS) is 28.8. The fourth-order valence-corrected chi connectivity index (χ4v) is 4.98. The highest BCUT2D eigenvalue weighted by atomic mass is 35.5. The van der Waals surface area contributed by atoms with Crippen molar-refractivity contribution in [2.24, 2.45) is 17.3 Å². The van der Waals surface area contributed by atoms with Crippen LogP contribution in [0.25, 0.3) is 0 Å². The van der Waals surface area contributed by atoms with Crippen LogP contribution in [0.5, 0.6) is 0 Å². The number of carboxylic acid groups (broad SMARTS) is 1. The molecule has 1 aromatic carbocycles. The monoisotopic (exact) mass is 376 g/mol. The van der Waals surface area contributed by atoms with Crippen molar-refractivity contribution >= 4 is 23.5 Å². The Hall–Kier alpha value is -1.59. The molecule has 4 rings (SSSR count). The molecule has 1 aromatic rings. The molecule has 0 bridgehead atoms. The predicted octanol–water partition coefficient (Wildman–Crippen LogP) is 2.91. The lowest BCUT2D eigenvalue weighted by molar-refractivity contribution is -0.148. The Morgan fingerprint density at radius 1 is 1.27 bits per heavy atom. The minimum Gasteiger partial charge on any atom is -0.481 e. The predicted molar refractivity (Wildman–Crippen MR) is 99.4 cm³/mol. The van der Waals surface area contributed by atoms with Gasteiger partial charge in [0.25, 0.3) is 5.91 Å². The molecule has 0 spiro atoms. The molecule has 0 unspecified atom stereocenters. The number of amides is 1. The molecular weight excluding hydrogens is 352 g/mol. The SMILES string of the molecule is Cc1ccc(Cl)c(C(=O)N2C[C@H]3CN(CC4CCC4)C[C@@]3(C(=O)O)C2)c1. The quantitative estimate of drug-likeness (QED) is 0.877. The van der Waals surface area contributed by atoms with Crippen molar-refractivity contribution in [3.05, 3.63) is 34.3 Å². The molecule has 1 saturated carbocycles. The zero-order valence-corrected chi connectivity index (χ0v) is 15.8. The number of aliphatic carboxylic acids is 1. The minimum absolute atomic E-state index is 0.00684. The van der Waals surface area contributed by atoms with Gasteiger partial charge >= 0.3 is 5.97 Å². The molecule has 5 nitrogen and oxygen atoms in total. The number of hydrogen-bond acceptors (Lipinski definition) is 3. The van der Waals surface area contributed by atoms with Gasteiger partial charge in [-0.2, -0.15) is 0 Å². The van der Waals surface area contributed by atoms with E-state index in [0.29, 0.717) is 23.7 Å². The summed E-state index contributed by atoms with van der Waals surface area (Å²) in [5, 5.41) is 10.4. The second-order valence-electron chi connectivity index (χ2n) is 8.32. The molecule has 1 N–H and O–H groups in total. The van der Waals surface area contributed by atoms with Crippen LogP contribution in [0.4, 0.5) is 0 Å². The molecule has 3 fully saturated rings. The van der Waals surface area contributed by atoms with Crippen LogP contribution in [0.1, 0.15) is 35.2 Å². The number of hydrogen-bond donors (Lipinski definition) is 1. The summed E-state index contributed by atoms with van der Waals surface area (Å²) in [6.07, 6.45) is 3.82. The van der Waals surface area contributed by atoms with E-state index in [-0.39, 0.29) is 18.4 Å². The van der Waals surface area contributed by atoms with Gasteiger partial charge in [-0.25, -0.2) is 0 Å². The lowest BCUT2D eigenvalue weighted by Gasteiger charge is -2.31.